The van der Waals surface area contributed by atoms with E-state index in [1.807, 2.05) is 42.5 Å². The molecule has 0 saturated carbocycles. The van der Waals surface area contributed by atoms with Crippen LogP contribution in [0.1, 0.15) is 0 Å². The molecular formula is C33H29ClN4O. The highest BCUT2D eigenvalue weighted by Crippen LogP contribution is 2.36. The summed E-state index contributed by atoms with van der Waals surface area (Å²) in [5, 5.41) is 1.78. The van der Waals surface area contributed by atoms with Gasteiger partial charge in [-0.25, -0.2) is 9.97 Å². The van der Waals surface area contributed by atoms with Crippen molar-refractivity contribution in [2.45, 2.75) is 6.54 Å². The van der Waals surface area contributed by atoms with Crippen molar-refractivity contribution in [3.63, 3.8) is 0 Å². The third kappa shape index (κ3) is 4.99. The fourth-order valence-corrected chi connectivity index (χ4v) is 5.11. The van der Waals surface area contributed by atoms with Crippen molar-refractivity contribution < 1.29 is 4.74 Å². The second-order valence-electron chi connectivity index (χ2n) is 9.90. The van der Waals surface area contributed by atoms with Gasteiger partial charge in [-0.1, -0.05) is 48.0 Å². The molecule has 0 N–H and O–H groups in total. The standard InChI is InChI=1S/C33H29ClN4O/c1-37(2)18-19-38-32-7-5-4-6-31(32)36-33(38)24-11-16-29-23(20-24)10-17-30(35-29)28-21-26(39-3)14-15-27(28)22-8-12-25(34)13-9-22/h4-17,20-21H,18-19H2,1-3H3. The van der Waals surface area contributed by atoms with Gasteiger partial charge in [0.25, 0.3) is 0 Å². The van der Waals surface area contributed by atoms with E-state index in [-0.39, 0.29) is 0 Å². The van der Waals surface area contributed by atoms with Crippen LogP contribution >= 0.6 is 11.6 Å². The van der Waals surface area contributed by atoms with Crippen molar-refractivity contribution in [2.75, 3.05) is 27.7 Å². The smallest absolute Gasteiger partial charge is 0.141 e. The van der Waals surface area contributed by atoms with Crippen molar-refractivity contribution in [1.82, 2.24) is 19.4 Å². The summed E-state index contributed by atoms with van der Waals surface area (Å²) >= 11 is 6.15. The normalized spacial score (nSPS) is 11.5. The summed E-state index contributed by atoms with van der Waals surface area (Å²) in [5.74, 6) is 1.76. The number of hydrogen-bond acceptors (Lipinski definition) is 4. The third-order valence-corrected chi connectivity index (χ3v) is 7.28. The van der Waals surface area contributed by atoms with Crippen molar-refractivity contribution in [2.24, 2.45) is 0 Å². The number of likely N-dealkylation sites (N-methyl/N-ethyl adjacent to an activating group) is 1. The Bertz CT molecular complexity index is 1790. The molecule has 0 radical (unpaired) electrons. The van der Waals surface area contributed by atoms with E-state index in [4.69, 9.17) is 26.3 Å². The maximum atomic E-state index is 6.15. The van der Waals surface area contributed by atoms with Crippen LogP contribution in [0.15, 0.2) is 97.1 Å². The largest absolute Gasteiger partial charge is 0.497 e. The van der Waals surface area contributed by atoms with Crippen LogP contribution in [0.3, 0.4) is 0 Å². The minimum atomic E-state index is 0.712. The van der Waals surface area contributed by atoms with E-state index in [0.29, 0.717) is 5.02 Å². The molecule has 0 aliphatic carbocycles. The number of imidazole rings is 1. The zero-order valence-corrected chi connectivity index (χ0v) is 23.0. The van der Waals surface area contributed by atoms with Crippen LogP contribution in [-0.2, 0) is 6.54 Å². The molecule has 5 nitrogen and oxygen atoms in total. The van der Waals surface area contributed by atoms with E-state index in [1.54, 1.807) is 7.11 Å². The lowest BCUT2D eigenvalue weighted by molar-refractivity contribution is 0.387. The average molecular weight is 533 g/mol. The number of ether oxygens (including phenoxy) is 1. The summed E-state index contributed by atoms with van der Waals surface area (Å²) in [6.07, 6.45) is 0. The van der Waals surface area contributed by atoms with E-state index < -0.39 is 0 Å². The lowest BCUT2D eigenvalue weighted by Crippen LogP contribution is -2.18. The van der Waals surface area contributed by atoms with Crippen LogP contribution in [0.25, 0.3) is 55.7 Å². The first-order valence-electron chi connectivity index (χ1n) is 13.0. The predicted octanol–water partition coefficient (Wildman–Crippen LogP) is 7.81. The topological polar surface area (TPSA) is 43.2 Å². The molecule has 0 bridgehead atoms. The molecule has 0 unspecified atom stereocenters. The molecule has 2 heterocycles. The molecule has 194 valence electrons. The zero-order valence-electron chi connectivity index (χ0n) is 22.2. The third-order valence-electron chi connectivity index (χ3n) is 7.03. The summed E-state index contributed by atoms with van der Waals surface area (Å²) < 4.78 is 7.86. The minimum absolute atomic E-state index is 0.712. The molecule has 0 fully saturated rings. The monoisotopic (exact) mass is 532 g/mol. The SMILES string of the molecule is COc1ccc(-c2ccc(Cl)cc2)c(-c2ccc3cc(-c4nc5ccccc5n4CCN(C)C)ccc3n2)c1. The van der Waals surface area contributed by atoms with Gasteiger partial charge in [-0.15, -0.1) is 0 Å². The first kappa shape index (κ1) is 25.1. The zero-order chi connectivity index (χ0) is 26.9. The number of benzene rings is 4. The molecule has 6 rings (SSSR count). The Hall–Kier alpha value is -4.19. The molecule has 0 aliphatic heterocycles. The van der Waals surface area contributed by atoms with Crippen LogP contribution < -0.4 is 4.74 Å². The maximum absolute atomic E-state index is 6.15. The lowest BCUT2D eigenvalue weighted by Gasteiger charge is -2.14. The second-order valence-corrected chi connectivity index (χ2v) is 10.3. The Kier molecular flexibility index (Phi) is 6.77. The molecule has 2 aromatic heterocycles. The Labute approximate surface area is 233 Å². The van der Waals surface area contributed by atoms with Crippen LogP contribution in [0.4, 0.5) is 0 Å². The fraction of sp³-hybridized carbons (Fsp3) is 0.152. The Morgan fingerprint density at radius 1 is 0.769 bits per heavy atom. The molecule has 0 saturated heterocycles. The molecule has 6 heteroatoms. The maximum Gasteiger partial charge on any atom is 0.141 e. The van der Waals surface area contributed by atoms with E-state index in [9.17, 15) is 0 Å². The summed E-state index contributed by atoms with van der Waals surface area (Å²) in [5.41, 5.74) is 8.21. The molecule has 39 heavy (non-hydrogen) atoms. The number of rotatable bonds is 7. The average Bonchev–Trinajstić information content (AvgIpc) is 3.34. The Balaban J connectivity index is 1.43. The van der Waals surface area contributed by atoms with E-state index >= 15 is 0 Å². The molecule has 6 aromatic rings. The predicted molar refractivity (Wildman–Crippen MR) is 161 cm³/mol. The number of pyridine rings is 1. The van der Waals surface area contributed by atoms with Crippen LogP contribution in [-0.4, -0.2) is 47.2 Å². The van der Waals surface area contributed by atoms with Gasteiger partial charge in [0.15, 0.2) is 0 Å². The van der Waals surface area contributed by atoms with Gasteiger partial charge < -0.3 is 14.2 Å². The number of para-hydroxylation sites is 2. The lowest BCUT2D eigenvalue weighted by atomic mass is 9.96. The summed E-state index contributed by atoms with van der Waals surface area (Å²) in [6.45, 7) is 1.80. The van der Waals surface area contributed by atoms with Gasteiger partial charge in [0.2, 0.25) is 0 Å². The van der Waals surface area contributed by atoms with Gasteiger partial charge in [0.1, 0.15) is 11.6 Å². The van der Waals surface area contributed by atoms with E-state index in [0.717, 1.165) is 74.5 Å². The van der Waals surface area contributed by atoms with Crippen LogP contribution in [0.2, 0.25) is 5.02 Å². The summed E-state index contributed by atoms with van der Waals surface area (Å²) in [7, 11) is 5.87. The number of fused-ring (bicyclic) bond motifs is 2. The highest BCUT2D eigenvalue weighted by atomic mass is 35.5. The van der Waals surface area contributed by atoms with Gasteiger partial charge in [-0.3, -0.25) is 0 Å². The van der Waals surface area contributed by atoms with Gasteiger partial charge in [-0.05, 0) is 85.9 Å². The van der Waals surface area contributed by atoms with Gasteiger partial charge in [0, 0.05) is 34.6 Å². The highest BCUT2D eigenvalue weighted by molar-refractivity contribution is 6.30. The Morgan fingerprint density at radius 3 is 2.36 bits per heavy atom. The molecule has 4 aromatic carbocycles. The number of nitrogens with zero attached hydrogens (tertiary/aromatic N) is 4. The molecular weight excluding hydrogens is 504 g/mol. The molecule has 0 spiro atoms. The summed E-state index contributed by atoms with van der Waals surface area (Å²) in [4.78, 5) is 12.3. The van der Waals surface area contributed by atoms with Gasteiger partial charge in [0.05, 0.1) is 29.4 Å². The Morgan fingerprint density at radius 2 is 1.56 bits per heavy atom. The van der Waals surface area contributed by atoms with Crippen molar-refractivity contribution in [3.8, 4) is 39.5 Å². The highest BCUT2D eigenvalue weighted by Gasteiger charge is 2.15. The van der Waals surface area contributed by atoms with E-state index in [2.05, 4.69) is 78.2 Å². The first-order chi connectivity index (χ1) is 19.0. The molecule has 0 aliphatic rings. The van der Waals surface area contributed by atoms with Crippen molar-refractivity contribution in [1.29, 1.82) is 0 Å². The summed E-state index contributed by atoms with van der Waals surface area (Å²) in [6, 6.07) is 32.9. The molecule has 0 atom stereocenters. The quantitative estimate of drug-likeness (QED) is 0.210. The van der Waals surface area contributed by atoms with E-state index in [1.165, 1.54) is 0 Å². The van der Waals surface area contributed by atoms with Crippen molar-refractivity contribution in [3.05, 3.63) is 102 Å². The van der Waals surface area contributed by atoms with Crippen LogP contribution in [0.5, 0.6) is 5.75 Å². The van der Waals surface area contributed by atoms with Gasteiger partial charge >= 0.3 is 0 Å². The van der Waals surface area contributed by atoms with Crippen LogP contribution in [0, 0.1) is 0 Å². The second kappa shape index (κ2) is 10.5. The van der Waals surface area contributed by atoms with Gasteiger partial charge in [-0.2, -0.15) is 0 Å². The number of methoxy groups -OCH3 is 1. The van der Waals surface area contributed by atoms with Crippen molar-refractivity contribution >= 4 is 33.5 Å². The first-order valence-corrected chi connectivity index (χ1v) is 13.3. The number of halogens is 1. The fourth-order valence-electron chi connectivity index (χ4n) is 4.98. The minimum Gasteiger partial charge on any atom is -0.497 e. The number of hydrogen-bond donors (Lipinski definition) is 0. The molecule has 0 amide bonds. The number of aromatic nitrogens is 3.